The van der Waals surface area contributed by atoms with Gasteiger partial charge < -0.3 is 14.2 Å². The van der Waals surface area contributed by atoms with Crippen molar-refractivity contribution in [3.05, 3.63) is 138 Å². The minimum absolute atomic E-state index is 0.196. The first-order chi connectivity index (χ1) is 25.1. The molecule has 0 aliphatic carbocycles. The Balaban J connectivity index is 0.000000175. The van der Waals surface area contributed by atoms with Crippen LogP contribution >= 0.6 is 70.5 Å². The number of benzene rings is 2. The SMILES string of the molecule is CCOC(=O)c1cncc(-c2ncc(Br)s2)c1.COC(=O)c1ccc(-c2nc(Br)cs2)cc1.O=C(OCCc1ccccn1)c1ccc(Br)c(F)c1. The number of hydrogen-bond acceptors (Lipinski definition) is 12. The molecule has 0 amide bonds. The van der Waals surface area contributed by atoms with Gasteiger partial charge in [0.1, 0.15) is 20.4 Å². The normalized spacial score (nSPS) is 10.2. The van der Waals surface area contributed by atoms with Gasteiger partial charge in [-0.05, 0) is 103 Å². The van der Waals surface area contributed by atoms with Crippen LogP contribution in [0.3, 0.4) is 0 Å². The minimum atomic E-state index is -0.540. The molecule has 16 heteroatoms. The van der Waals surface area contributed by atoms with E-state index in [1.807, 2.05) is 35.7 Å². The van der Waals surface area contributed by atoms with E-state index in [-0.39, 0.29) is 24.1 Å². The Labute approximate surface area is 331 Å². The van der Waals surface area contributed by atoms with E-state index in [2.05, 4.69) is 72.5 Å². The van der Waals surface area contributed by atoms with Gasteiger partial charge in [-0.25, -0.2) is 28.7 Å². The van der Waals surface area contributed by atoms with Crippen LogP contribution in [0.4, 0.5) is 4.39 Å². The van der Waals surface area contributed by atoms with E-state index in [1.165, 1.54) is 36.8 Å². The summed E-state index contributed by atoms with van der Waals surface area (Å²) in [7, 11) is 1.37. The van der Waals surface area contributed by atoms with E-state index in [1.54, 1.807) is 55.1 Å². The smallest absolute Gasteiger partial charge is 0.339 e. The molecule has 0 radical (unpaired) electrons. The van der Waals surface area contributed by atoms with E-state index in [4.69, 9.17) is 9.47 Å². The first-order valence-electron chi connectivity index (χ1n) is 15.1. The van der Waals surface area contributed by atoms with Crippen molar-refractivity contribution in [2.45, 2.75) is 13.3 Å². The number of nitrogens with zero attached hydrogens (tertiary/aromatic N) is 4. The lowest BCUT2D eigenvalue weighted by Gasteiger charge is -2.05. The number of carbonyl (C=O) groups excluding carboxylic acids is 3. The highest BCUT2D eigenvalue weighted by Crippen LogP contribution is 2.29. The fourth-order valence-electron chi connectivity index (χ4n) is 4.03. The van der Waals surface area contributed by atoms with Crippen LogP contribution in [0.5, 0.6) is 0 Å². The summed E-state index contributed by atoms with van der Waals surface area (Å²) in [5.74, 6) is -1.72. The van der Waals surface area contributed by atoms with Crippen molar-refractivity contribution in [3.8, 4) is 21.1 Å². The van der Waals surface area contributed by atoms with E-state index in [0.29, 0.717) is 28.6 Å². The highest BCUT2D eigenvalue weighted by Gasteiger charge is 2.12. The molecule has 2 aromatic carbocycles. The first-order valence-corrected chi connectivity index (χ1v) is 19.2. The predicted molar refractivity (Wildman–Crippen MR) is 208 cm³/mol. The highest BCUT2D eigenvalue weighted by molar-refractivity contribution is 9.11. The Morgan fingerprint density at radius 1 is 0.788 bits per heavy atom. The van der Waals surface area contributed by atoms with Crippen LogP contribution in [-0.4, -0.2) is 58.2 Å². The molecule has 0 fully saturated rings. The van der Waals surface area contributed by atoms with Crippen molar-refractivity contribution in [2.24, 2.45) is 0 Å². The molecule has 0 unspecified atom stereocenters. The standard InChI is InChI=1S/C14H11BrFNO2.C11H9BrN2O2S.C11H8BrNO2S/c15-12-5-4-10(9-13(12)16)14(18)19-8-6-11-3-1-2-7-17-11;1-2-16-11(15)8-3-7(4-13-5-8)10-14-6-9(12)17-10;1-15-11(14)8-4-2-7(3-5-8)10-13-9(12)6-16-10/h1-5,7,9H,6,8H2;3-6H,2H2,1H3;2-6H,1H3. The number of rotatable bonds is 9. The maximum Gasteiger partial charge on any atom is 0.339 e. The van der Waals surface area contributed by atoms with Crippen molar-refractivity contribution < 1.29 is 33.0 Å². The van der Waals surface area contributed by atoms with Gasteiger partial charge in [-0.15, -0.1) is 22.7 Å². The van der Waals surface area contributed by atoms with Gasteiger partial charge in [0.05, 0.1) is 51.5 Å². The van der Waals surface area contributed by atoms with Crippen LogP contribution in [0.1, 0.15) is 43.7 Å². The van der Waals surface area contributed by atoms with Gasteiger partial charge in [0, 0.05) is 47.2 Å². The Hall–Kier alpha value is -4.22. The van der Waals surface area contributed by atoms with Crippen molar-refractivity contribution in [1.29, 1.82) is 0 Å². The molecule has 6 rings (SSSR count). The van der Waals surface area contributed by atoms with E-state index >= 15 is 0 Å². The summed E-state index contributed by atoms with van der Waals surface area (Å²) in [4.78, 5) is 51.1. The van der Waals surface area contributed by atoms with Gasteiger partial charge in [-0.3, -0.25) is 9.97 Å². The number of methoxy groups -OCH3 is 1. The fourth-order valence-corrected chi connectivity index (χ4v) is 6.72. The highest BCUT2D eigenvalue weighted by atomic mass is 79.9. The Bertz CT molecular complexity index is 2100. The summed E-state index contributed by atoms with van der Waals surface area (Å²) in [5.41, 5.74) is 3.83. The molecule has 4 aromatic heterocycles. The molecular weight excluding hydrogens is 907 g/mol. The van der Waals surface area contributed by atoms with Crippen LogP contribution in [0.15, 0.2) is 110 Å². The second-order valence-corrected chi connectivity index (χ2v) is 15.0. The molecular formula is C36H28Br3FN4O6S2. The number of hydrogen-bond donors (Lipinski definition) is 0. The second kappa shape index (κ2) is 20.7. The molecule has 10 nitrogen and oxygen atoms in total. The molecule has 0 atom stereocenters. The van der Waals surface area contributed by atoms with E-state index < -0.39 is 11.8 Å². The second-order valence-electron chi connectivity index (χ2n) is 10.0. The van der Waals surface area contributed by atoms with Crippen LogP contribution in [-0.2, 0) is 20.6 Å². The molecule has 0 aliphatic heterocycles. The molecule has 4 heterocycles. The zero-order chi connectivity index (χ0) is 37.5. The molecule has 6 aromatic rings. The third-order valence-electron chi connectivity index (χ3n) is 6.48. The van der Waals surface area contributed by atoms with Crippen LogP contribution in [0, 0.1) is 5.82 Å². The Morgan fingerprint density at radius 3 is 2.15 bits per heavy atom. The Morgan fingerprint density at radius 2 is 1.54 bits per heavy atom. The maximum absolute atomic E-state index is 13.3. The third kappa shape index (κ3) is 12.5. The number of esters is 3. The van der Waals surface area contributed by atoms with Crippen LogP contribution in [0.25, 0.3) is 21.1 Å². The summed E-state index contributed by atoms with van der Waals surface area (Å²) in [5, 5.41) is 3.66. The third-order valence-corrected chi connectivity index (χ3v) is 10.2. The van der Waals surface area contributed by atoms with Gasteiger partial charge in [-0.1, -0.05) is 18.2 Å². The molecule has 0 aliphatic rings. The largest absolute Gasteiger partial charge is 0.465 e. The summed E-state index contributed by atoms with van der Waals surface area (Å²) in [6, 6.07) is 18.6. The zero-order valence-corrected chi connectivity index (χ0v) is 33.8. The quantitative estimate of drug-likeness (QED) is 0.102. The number of halogens is 4. The minimum Gasteiger partial charge on any atom is -0.465 e. The Kier molecular flexibility index (Phi) is 16.2. The molecule has 268 valence electrons. The van der Waals surface area contributed by atoms with Crippen molar-refractivity contribution in [1.82, 2.24) is 19.9 Å². The fraction of sp³-hybridized carbons (Fsp3) is 0.139. The first kappa shape index (κ1) is 40.5. The molecule has 0 saturated heterocycles. The summed E-state index contributed by atoms with van der Waals surface area (Å²) in [6.07, 6.45) is 7.10. The lowest BCUT2D eigenvalue weighted by atomic mass is 10.1. The average molecular weight is 935 g/mol. The molecule has 0 saturated carbocycles. The monoisotopic (exact) mass is 932 g/mol. The van der Waals surface area contributed by atoms with E-state index in [0.717, 1.165) is 41.3 Å². The summed E-state index contributed by atoms with van der Waals surface area (Å²) < 4.78 is 30.0. The maximum atomic E-state index is 13.3. The van der Waals surface area contributed by atoms with Gasteiger partial charge in [0.25, 0.3) is 0 Å². The molecule has 0 bridgehead atoms. The topological polar surface area (TPSA) is 130 Å². The van der Waals surface area contributed by atoms with Crippen molar-refractivity contribution in [3.63, 3.8) is 0 Å². The van der Waals surface area contributed by atoms with Crippen LogP contribution in [0.2, 0.25) is 0 Å². The number of carbonyl (C=O) groups is 3. The zero-order valence-electron chi connectivity index (χ0n) is 27.4. The lowest BCUT2D eigenvalue weighted by molar-refractivity contribution is 0.0503. The number of ether oxygens (including phenoxy) is 3. The molecule has 0 N–H and O–H groups in total. The summed E-state index contributed by atoms with van der Waals surface area (Å²) >= 11 is 12.7. The van der Waals surface area contributed by atoms with E-state index in [9.17, 15) is 18.8 Å². The summed E-state index contributed by atoms with van der Waals surface area (Å²) in [6.45, 7) is 2.34. The molecule has 0 spiro atoms. The lowest BCUT2D eigenvalue weighted by Crippen LogP contribution is -2.09. The van der Waals surface area contributed by atoms with Crippen molar-refractivity contribution in [2.75, 3.05) is 20.3 Å². The van der Waals surface area contributed by atoms with Crippen LogP contribution < -0.4 is 0 Å². The van der Waals surface area contributed by atoms with Gasteiger partial charge in [0.15, 0.2) is 0 Å². The molecule has 52 heavy (non-hydrogen) atoms. The van der Waals surface area contributed by atoms with Gasteiger partial charge in [-0.2, -0.15) is 0 Å². The number of aromatic nitrogens is 4. The van der Waals surface area contributed by atoms with Gasteiger partial charge >= 0.3 is 17.9 Å². The van der Waals surface area contributed by atoms with Crippen molar-refractivity contribution >= 4 is 88.4 Å². The number of thiazole rings is 2. The van der Waals surface area contributed by atoms with Gasteiger partial charge in [0.2, 0.25) is 0 Å². The number of pyridine rings is 2. The predicted octanol–water partition coefficient (Wildman–Crippen LogP) is 9.89. The average Bonchev–Trinajstić information content (AvgIpc) is 3.81.